The maximum atomic E-state index is 13.6. The molecule has 9 heteroatoms. The van der Waals surface area contributed by atoms with Gasteiger partial charge in [0.25, 0.3) is 0 Å². The smallest absolute Gasteiger partial charge is 0.407 e. The van der Waals surface area contributed by atoms with Crippen LogP contribution >= 0.6 is 22.7 Å². The highest BCUT2D eigenvalue weighted by Crippen LogP contribution is 2.48. The number of rotatable bonds is 3. The molecule has 1 aliphatic rings. The molecule has 3 aromatic rings. The molecule has 1 unspecified atom stereocenters. The van der Waals surface area contributed by atoms with Gasteiger partial charge in [-0.05, 0) is 37.1 Å². The average Bonchev–Trinajstić information content (AvgIpc) is 3.22. The molecular formula is C19H16FN3O3S2. The molecule has 2 aromatic heterocycles. The molecule has 1 atom stereocenters. The van der Waals surface area contributed by atoms with E-state index < -0.39 is 6.09 Å². The summed E-state index contributed by atoms with van der Waals surface area (Å²) >= 11 is 2.77. The Bertz CT molecular complexity index is 1120. The fourth-order valence-corrected chi connectivity index (χ4v) is 5.79. The van der Waals surface area contributed by atoms with Crippen LogP contribution in [0.15, 0.2) is 30.9 Å². The summed E-state index contributed by atoms with van der Waals surface area (Å²) < 4.78 is 14.4. The van der Waals surface area contributed by atoms with Crippen molar-refractivity contribution < 1.29 is 19.1 Å². The van der Waals surface area contributed by atoms with Gasteiger partial charge in [0.15, 0.2) is 0 Å². The van der Waals surface area contributed by atoms with Gasteiger partial charge in [-0.15, -0.1) is 22.7 Å². The third-order valence-corrected chi connectivity index (χ3v) is 7.09. The number of halogens is 1. The van der Waals surface area contributed by atoms with Crippen LogP contribution in [0.25, 0.3) is 20.8 Å². The molecule has 1 aliphatic heterocycles. The van der Waals surface area contributed by atoms with Gasteiger partial charge in [0.2, 0.25) is 5.91 Å². The molecule has 2 amide bonds. The van der Waals surface area contributed by atoms with Crippen LogP contribution < -0.4 is 5.32 Å². The summed E-state index contributed by atoms with van der Waals surface area (Å²) in [5.41, 5.74) is 2.32. The normalized spacial score (nSPS) is 16.1. The largest absolute Gasteiger partial charge is 0.465 e. The average molecular weight is 417 g/mol. The molecule has 3 heterocycles. The van der Waals surface area contributed by atoms with Gasteiger partial charge in [0.1, 0.15) is 15.8 Å². The van der Waals surface area contributed by atoms with E-state index in [4.69, 9.17) is 0 Å². The molecule has 0 fully saturated rings. The lowest BCUT2D eigenvalue weighted by molar-refractivity contribution is -0.111. The molecule has 144 valence electrons. The molecule has 4 rings (SSSR count). The molecule has 0 bridgehead atoms. The van der Waals surface area contributed by atoms with Crippen LogP contribution in [0.2, 0.25) is 0 Å². The summed E-state index contributed by atoms with van der Waals surface area (Å²) in [5, 5.41) is 13.5. The Kier molecular flexibility index (Phi) is 4.64. The topological polar surface area (TPSA) is 82.5 Å². The second-order valence-corrected chi connectivity index (χ2v) is 8.46. The summed E-state index contributed by atoms with van der Waals surface area (Å²) in [7, 11) is 0. The number of aromatic nitrogens is 1. The van der Waals surface area contributed by atoms with E-state index >= 15 is 0 Å². The highest BCUT2D eigenvalue weighted by Gasteiger charge is 2.34. The van der Waals surface area contributed by atoms with E-state index in [1.807, 2.05) is 6.92 Å². The highest BCUT2D eigenvalue weighted by atomic mass is 32.1. The van der Waals surface area contributed by atoms with Crippen LogP contribution in [-0.4, -0.2) is 33.5 Å². The number of carbonyl (C=O) groups excluding carboxylic acids is 1. The van der Waals surface area contributed by atoms with Crippen molar-refractivity contribution in [3.05, 3.63) is 47.1 Å². The molecule has 0 spiro atoms. The Balaban J connectivity index is 1.89. The van der Waals surface area contributed by atoms with E-state index in [2.05, 4.69) is 16.9 Å². The second-order valence-electron chi connectivity index (χ2n) is 6.38. The van der Waals surface area contributed by atoms with Crippen LogP contribution in [0.1, 0.15) is 23.4 Å². The lowest BCUT2D eigenvalue weighted by atomic mass is 9.99. The van der Waals surface area contributed by atoms with Crippen LogP contribution in [0.3, 0.4) is 0 Å². The van der Waals surface area contributed by atoms with Gasteiger partial charge >= 0.3 is 6.09 Å². The highest BCUT2D eigenvalue weighted by molar-refractivity contribution is 7.23. The van der Waals surface area contributed by atoms with E-state index in [0.717, 1.165) is 20.7 Å². The minimum atomic E-state index is -0.972. The van der Waals surface area contributed by atoms with Gasteiger partial charge in [-0.1, -0.05) is 6.58 Å². The Morgan fingerprint density at radius 2 is 2.21 bits per heavy atom. The van der Waals surface area contributed by atoms with Gasteiger partial charge in [-0.2, -0.15) is 0 Å². The molecule has 0 saturated heterocycles. The first-order valence-electron chi connectivity index (χ1n) is 8.54. The second kappa shape index (κ2) is 6.99. The summed E-state index contributed by atoms with van der Waals surface area (Å²) in [6.07, 6.45) is 0.732. The number of fused-ring (bicyclic) bond motifs is 2. The van der Waals surface area contributed by atoms with Gasteiger partial charge < -0.3 is 15.3 Å². The fraction of sp³-hybridized carbons (Fsp3) is 0.211. The SMILES string of the molecule is C=CC(=O)Nc1sc2c(c1-c1nc3cc(F)ccc3s1)CCN(C(=O)O)C2C. The third kappa shape index (κ3) is 3.06. The van der Waals surface area contributed by atoms with Crippen molar-refractivity contribution in [1.82, 2.24) is 9.88 Å². The van der Waals surface area contributed by atoms with E-state index in [0.29, 0.717) is 28.5 Å². The van der Waals surface area contributed by atoms with Gasteiger partial charge in [-0.25, -0.2) is 14.2 Å². The third-order valence-electron chi connectivity index (χ3n) is 4.72. The number of amides is 2. The minimum absolute atomic E-state index is 0.328. The summed E-state index contributed by atoms with van der Waals surface area (Å²) in [5.74, 6) is -0.711. The van der Waals surface area contributed by atoms with Crippen molar-refractivity contribution in [2.24, 2.45) is 0 Å². The van der Waals surface area contributed by atoms with Crippen LogP contribution in [0, 0.1) is 5.82 Å². The number of carbonyl (C=O) groups is 2. The first kappa shape index (κ1) is 18.6. The quantitative estimate of drug-likeness (QED) is 0.595. The first-order valence-corrected chi connectivity index (χ1v) is 10.2. The minimum Gasteiger partial charge on any atom is -0.465 e. The van der Waals surface area contributed by atoms with Gasteiger partial charge in [-0.3, -0.25) is 4.79 Å². The fourth-order valence-electron chi connectivity index (χ4n) is 3.38. The Morgan fingerprint density at radius 1 is 1.43 bits per heavy atom. The van der Waals surface area contributed by atoms with E-state index in [1.165, 1.54) is 45.8 Å². The molecule has 1 aromatic carbocycles. The Hall–Kier alpha value is -2.78. The van der Waals surface area contributed by atoms with Crippen molar-refractivity contribution in [3.8, 4) is 10.6 Å². The summed E-state index contributed by atoms with van der Waals surface area (Å²) in [6, 6.07) is 4.12. The van der Waals surface area contributed by atoms with Crippen LogP contribution in [0.5, 0.6) is 0 Å². The molecule has 0 aliphatic carbocycles. The number of nitrogens with one attached hydrogen (secondary N) is 1. The molecule has 0 saturated carbocycles. The van der Waals surface area contributed by atoms with Crippen molar-refractivity contribution in [3.63, 3.8) is 0 Å². The maximum Gasteiger partial charge on any atom is 0.407 e. The van der Waals surface area contributed by atoms with Crippen molar-refractivity contribution >= 4 is 49.9 Å². The number of thiophene rings is 1. The summed E-state index contributed by atoms with van der Waals surface area (Å²) in [6.45, 7) is 5.68. The zero-order valence-corrected chi connectivity index (χ0v) is 16.5. The predicted octanol–water partition coefficient (Wildman–Crippen LogP) is 4.89. The zero-order valence-electron chi connectivity index (χ0n) is 14.9. The van der Waals surface area contributed by atoms with Crippen molar-refractivity contribution in [2.45, 2.75) is 19.4 Å². The van der Waals surface area contributed by atoms with Gasteiger partial charge in [0, 0.05) is 23.1 Å². The summed E-state index contributed by atoms with van der Waals surface area (Å²) in [4.78, 5) is 30.3. The number of carboxylic acid groups (broad SMARTS) is 1. The Morgan fingerprint density at radius 3 is 2.93 bits per heavy atom. The van der Waals surface area contributed by atoms with E-state index in [1.54, 1.807) is 6.07 Å². The number of thiazole rings is 1. The van der Waals surface area contributed by atoms with Crippen LogP contribution in [0.4, 0.5) is 14.2 Å². The standard InChI is InChI=1S/C19H16FN3O3S2/c1-3-14(24)22-18-15(17-21-12-8-10(20)4-5-13(12)27-17)11-6-7-23(19(25)26)9(2)16(11)28-18/h3-5,8-9H,1,6-7H2,2H3,(H,22,24)(H,25,26). The Labute approximate surface area is 167 Å². The lowest BCUT2D eigenvalue weighted by Crippen LogP contribution is -2.37. The molecule has 2 N–H and O–H groups in total. The lowest BCUT2D eigenvalue weighted by Gasteiger charge is -2.31. The molecule has 28 heavy (non-hydrogen) atoms. The van der Waals surface area contributed by atoms with Crippen molar-refractivity contribution in [2.75, 3.05) is 11.9 Å². The number of nitrogens with zero attached hydrogens (tertiary/aromatic N) is 2. The first-order chi connectivity index (χ1) is 13.4. The number of benzene rings is 1. The van der Waals surface area contributed by atoms with E-state index in [9.17, 15) is 19.1 Å². The number of hydrogen-bond donors (Lipinski definition) is 2. The number of hydrogen-bond acceptors (Lipinski definition) is 5. The zero-order chi connectivity index (χ0) is 20.0. The maximum absolute atomic E-state index is 13.6. The molecule has 0 radical (unpaired) electrons. The van der Waals surface area contributed by atoms with Crippen molar-refractivity contribution in [1.29, 1.82) is 0 Å². The molecular weight excluding hydrogens is 401 g/mol. The number of anilines is 1. The predicted molar refractivity (Wildman–Crippen MR) is 109 cm³/mol. The van der Waals surface area contributed by atoms with Crippen LogP contribution in [-0.2, 0) is 11.2 Å². The van der Waals surface area contributed by atoms with E-state index in [-0.39, 0.29) is 17.8 Å². The molecule has 6 nitrogen and oxygen atoms in total. The van der Waals surface area contributed by atoms with Gasteiger partial charge in [0.05, 0.1) is 16.3 Å². The monoisotopic (exact) mass is 417 g/mol.